The molecule has 1 unspecified atom stereocenters. The van der Waals surface area contributed by atoms with E-state index in [2.05, 4.69) is 30.4 Å². The molecule has 0 aliphatic rings. The van der Waals surface area contributed by atoms with Crippen molar-refractivity contribution >= 4 is 23.9 Å². The van der Waals surface area contributed by atoms with Crippen LogP contribution in [0.25, 0.3) is 0 Å². The van der Waals surface area contributed by atoms with E-state index in [9.17, 15) is 19.2 Å². The lowest BCUT2D eigenvalue weighted by Gasteiger charge is -2.21. The van der Waals surface area contributed by atoms with Crippen LogP contribution in [0.2, 0.25) is 0 Å². The minimum absolute atomic E-state index is 0.00115. The van der Waals surface area contributed by atoms with Crippen molar-refractivity contribution in [2.45, 2.75) is 44.2 Å². The van der Waals surface area contributed by atoms with Gasteiger partial charge in [-0.2, -0.15) is 0 Å². The lowest BCUT2D eigenvalue weighted by atomic mass is 10.1. The molecule has 0 aromatic heterocycles. The smallest absolute Gasteiger partial charge is 0.329 e. The van der Waals surface area contributed by atoms with Crippen LogP contribution in [-0.4, -0.2) is 62.4 Å². The Balaban J connectivity index is 5.04. The summed E-state index contributed by atoms with van der Waals surface area (Å²) in [5.74, 6) is -1.94. The minimum atomic E-state index is -1.13. The van der Waals surface area contributed by atoms with Gasteiger partial charge in [0, 0.05) is 6.42 Å². The number of nitrogens with one attached hydrogen (secondary N) is 2. The van der Waals surface area contributed by atoms with Crippen LogP contribution in [0.3, 0.4) is 0 Å². The Hall–Kier alpha value is -3.14. The van der Waals surface area contributed by atoms with Gasteiger partial charge in [-0.05, 0) is 32.2 Å². The van der Waals surface area contributed by atoms with Gasteiger partial charge >= 0.3 is 23.9 Å². The molecule has 0 radical (unpaired) electrons. The van der Waals surface area contributed by atoms with Crippen molar-refractivity contribution < 1.29 is 33.4 Å². The molecule has 0 saturated carbocycles. The van der Waals surface area contributed by atoms with Crippen molar-refractivity contribution in [1.29, 1.82) is 0 Å². The number of carbonyl (C=O) groups is 4. The molecule has 2 amide bonds. The highest BCUT2D eigenvalue weighted by Gasteiger charge is 2.27. The molecular weight excluding hydrogens is 406 g/mol. The Morgan fingerprint density at radius 3 is 1.74 bits per heavy atom. The molecule has 0 rings (SSSR count). The first kappa shape index (κ1) is 27.9. The topological polar surface area (TPSA) is 146 Å². The number of unbranched alkanes of at least 4 members (excludes halogenated alkanes) is 1. The first-order valence-electron chi connectivity index (χ1n) is 9.98. The standard InChI is InChI=1S/C21H33N3O7/c1-4-13-29-18(25)11-10-17(20(27)31-15-6-3)24-21(28)23-16(9-7-8-12-22)19(26)30-14-5-2/h4-6,16-17H,1-3,7-15,22H2,(H2,23,24,28)/t16?,17-/m0/s1. The van der Waals surface area contributed by atoms with Crippen molar-refractivity contribution in [3.05, 3.63) is 38.0 Å². The van der Waals surface area contributed by atoms with Crippen molar-refractivity contribution in [2.75, 3.05) is 26.4 Å². The summed E-state index contributed by atoms with van der Waals surface area (Å²) in [6.45, 7) is 10.8. The number of ether oxygens (including phenoxy) is 3. The van der Waals surface area contributed by atoms with E-state index in [4.69, 9.17) is 19.9 Å². The van der Waals surface area contributed by atoms with E-state index in [0.717, 1.165) is 0 Å². The molecule has 0 aromatic rings. The van der Waals surface area contributed by atoms with Gasteiger partial charge in [-0.15, -0.1) is 0 Å². The average molecular weight is 440 g/mol. The highest BCUT2D eigenvalue weighted by Crippen LogP contribution is 2.06. The van der Waals surface area contributed by atoms with Crippen LogP contribution in [-0.2, 0) is 28.6 Å². The lowest BCUT2D eigenvalue weighted by molar-refractivity contribution is -0.146. The van der Waals surface area contributed by atoms with Gasteiger partial charge in [-0.3, -0.25) is 4.79 Å². The number of nitrogens with two attached hydrogens (primary N) is 1. The second kappa shape index (κ2) is 17.7. The molecule has 0 spiro atoms. The monoisotopic (exact) mass is 439 g/mol. The van der Waals surface area contributed by atoms with Crippen LogP contribution in [0.15, 0.2) is 38.0 Å². The average Bonchev–Trinajstić information content (AvgIpc) is 2.76. The summed E-state index contributed by atoms with van der Waals surface area (Å²) in [6, 6.07) is -2.85. The SMILES string of the molecule is C=CCOC(=O)CC[C@H](NC(=O)NC(CCCCN)C(=O)OCC=C)C(=O)OCC=C. The predicted octanol–water partition coefficient (Wildman–Crippen LogP) is 1.12. The van der Waals surface area contributed by atoms with Gasteiger partial charge in [0.2, 0.25) is 0 Å². The zero-order valence-corrected chi connectivity index (χ0v) is 17.8. The van der Waals surface area contributed by atoms with Gasteiger partial charge in [-0.25, -0.2) is 14.4 Å². The molecule has 0 saturated heterocycles. The van der Waals surface area contributed by atoms with Crippen LogP contribution in [0, 0.1) is 0 Å². The summed E-state index contributed by atoms with van der Waals surface area (Å²) in [4.78, 5) is 48.6. The molecular formula is C21H33N3O7. The van der Waals surface area contributed by atoms with E-state index in [1.54, 1.807) is 0 Å². The van der Waals surface area contributed by atoms with Crippen LogP contribution in [0.1, 0.15) is 32.1 Å². The zero-order chi connectivity index (χ0) is 23.5. The van der Waals surface area contributed by atoms with Gasteiger partial charge in [0.1, 0.15) is 31.9 Å². The maximum atomic E-state index is 12.4. The van der Waals surface area contributed by atoms with Gasteiger partial charge in [0.05, 0.1) is 0 Å². The molecule has 174 valence electrons. The van der Waals surface area contributed by atoms with E-state index in [0.29, 0.717) is 25.8 Å². The van der Waals surface area contributed by atoms with Crippen molar-refractivity contribution in [3.8, 4) is 0 Å². The van der Waals surface area contributed by atoms with E-state index >= 15 is 0 Å². The van der Waals surface area contributed by atoms with E-state index in [1.165, 1.54) is 18.2 Å². The first-order chi connectivity index (χ1) is 14.9. The molecule has 0 aliphatic carbocycles. The van der Waals surface area contributed by atoms with E-state index in [1.807, 2.05) is 0 Å². The molecule has 31 heavy (non-hydrogen) atoms. The third-order valence-corrected chi connectivity index (χ3v) is 3.81. The van der Waals surface area contributed by atoms with Gasteiger partial charge < -0.3 is 30.6 Å². The van der Waals surface area contributed by atoms with E-state index < -0.39 is 36.0 Å². The number of esters is 3. The Morgan fingerprint density at radius 2 is 1.26 bits per heavy atom. The normalized spacial score (nSPS) is 11.9. The summed E-state index contributed by atoms with van der Waals surface area (Å²) in [6.07, 6.45) is 5.56. The third kappa shape index (κ3) is 13.7. The molecule has 0 aromatic carbocycles. The summed E-state index contributed by atoms with van der Waals surface area (Å²) in [5.41, 5.74) is 5.47. The quantitative estimate of drug-likeness (QED) is 0.132. The fourth-order valence-electron chi connectivity index (χ4n) is 2.32. The molecule has 2 atom stereocenters. The third-order valence-electron chi connectivity index (χ3n) is 3.81. The molecule has 4 N–H and O–H groups in total. The fourth-order valence-corrected chi connectivity index (χ4v) is 2.32. The van der Waals surface area contributed by atoms with Crippen LogP contribution < -0.4 is 16.4 Å². The Morgan fingerprint density at radius 1 is 0.774 bits per heavy atom. The molecule has 10 nitrogen and oxygen atoms in total. The fraction of sp³-hybridized carbons (Fsp3) is 0.524. The summed E-state index contributed by atoms with van der Waals surface area (Å²) < 4.78 is 14.8. The van der Waals surface area contributed by atoms with Crippen molar-refractivity contribution in [2.24, 2.45) is 5.73 Å². The van der Waals surface area contributed by atoms with Gasteiger partial charge in [0.15, 0.2) is 0 Å². The number of hydrogen-bond acceptors (Lipinski definition) is 8. The highest BCUT2D eigenvalue weighted by atomic mass is 16.5. The number of carbonyl (C=O) groups excluding carboxylic acids is 4. The summed E-state index contributed by atoms with van der Waals surface area (Å²) in [7, 11) is 0. The maximum absolute atomic E-state index is 12.4. The highest BCUT2D eigenvalue weighted by molar-refractivity contribution is 5.87. The zero-order valence-electron chi connectivity index (χ0n) is 17.8. The van der Waals surface area contributed by atoms with Gasteiger partial charge in [-0.1, -0.05) is 38.0 Å². The first-order valence-corrected chi connectivity index (χ1v) is 9.98. The van der Waals surface area contributed by atoms with Crippen LogP contribution >= 0.6 is 0 Å². The Bertz CT molecular complexity index is 622. The van der Waals surface area contributed by atoms with Crippen molar-refractivity contribution in [1.82, 2.24) is 10.6 Å². The molecule has 0 bridgehead atoms. The summed E-state index contributed by atoms with van der Waals surface area (Å²) >= 11 is 0. The second-order valence-electron chi connectivity index (χ2n) is 6.36. The minimum Gasteiger partial charge on any atom is -0.461 e. The van der Waals surface area contributed by atoms with Gasteiger partial charge in [0.25, 0.3) is 0 Å². The van der Waals surface area contributed by atoms with Crippen molar-refractivity contribution in [3.63, 3.8) is 0 Å². The number of urea groups is 1. The molecule has 10 heteroatoms. The Kier molecular flexibility index (Phi) is 15.9. The number of amides is 2. The van der Waals surface area contributed by atoms with Crippen LogP contribution in [0.4, 0.5) is 4.79 Å². The number of rotatable bonds is 17. The molecule has 0 aliphatic heterocycles. The number of hydrogen-bond donors (Lipinski definition) is 3. The second-order valence-corrected chi connectivity index (χ2v) is 6.36. The Labute approximate surface area is 182 Å². The maximum Gasteiger partial charge on any atom is 0.329 e. The summed E-state index contributed by atoms with van der Waals surface area (Å²) in [5, 5.41) is 4.92. The molecule has 0 heterocycles. The predicted molar refractivity (Wildman–Crippen MR) is 115 cm³/mol. The van der Waals surface area contributed by atoms with E-state index in [-0.39, 0.29) is 32.7 Å². The lowest BCUT2D eigenvalue weighted by Crippen LogP contribution is -2.52. The molecule has 0 fully saturated rings. The largest absolute Gasteiger partial charge is 0.461 e. The van der Waals surface area contributed by atoms with Crippen LogP contribution in [0.5, 0.6) is 0 Å².